The monoisotopic (exact) mass is 339 g/mol. The van der Waals surface area contributed by atoms with E-state index in [-0.39, 0.29) is 5.91 Å². The van der Waals surface area contributed by atoms with E-state index in [1.807, 2.05) is 42.5 Å². The lowest BCUT2D eigenvalue weighted by Crippen LogP contribution is -2.26. The molecule has 0 radical (unpaired) electrons. The van der Waals surface area contributed by atoms with Crippen LogP contribution in [0.25, 0.3) is 11.0 Å². The molecular formula is C20H21NO4. The minimum Gasteiger partial charge on any atom is -0.497 e. The van der Waals surface area contributed by atoms with E-state index in [4.69, 9.17) is 13.9 Å². The molecule has 0 spiro atoms. The number of rotatable bonds is 6. The summed E-state index contributed by atoms with van der Waals surface area (Å²) < 4.78 is 16.3. The molecule has 0 saturated heterocycles. The van der Waals surface area contributed by atoms with Crippen molar-refractivity contribution < 1.29 is 18.7 Å². The van der Waals surface area contributed by atoms with Crippen LogP contribution in [0.3, 0.4) is 0 Å². The van der Waals surface area contributed by atoms with Crippen LogP contribution in [0.2, 0.25) is 0 Å². The lowest BCUT2D eigenvalue weighted by Gasteiger charge is -2.11. The molecule has 3 aromatic rings. The third-order valence-electron chi connectivity index (χ3n) is 4.17. The van der Waals surface area contributed by atoms with Gasteiger partial charge in [0, 0.05) is 11.9 Å². The average molecular weight is 339 g/mol. The number of amides is 1. The Kier molecular flexibility index (Phi) is 4.93. The normalized spacial score (nSPS) is 10.7. The highest BCUT2D eigenvalue weighted by Crippen LogP contribution is 2.26. The molecule has 5 nitrogen and oxygen atoms in total. The van der Waals surface area contributed by atoms with Crippen molar-refractivity contribution in [2.24, 2.45) is 0 Å². The maximum atomic E-state index is 12.6. The van der Waals surface area contributed by atoms with E-state index in [1.165, 1.54) is 0 Å². The van der Waals surface area contributed by atoms with E-state index in [1.54, 1.807) is 21.1 Å². The van der Waals surface area contributed by atoms with Crippen LogP contribution < -0.4 is 14.8 Å². The Labute approximate surface area is 146 Å². The maximum Gasteiger partial charge on any atom is 0.255 e. The molecule has 3 rings (SSSR count). The topological polar surface area (TPSA) is 60.7 Å². The molecule has 25 heavy (non-hydrogen) atoms. The fourth-order valence-corrected chi connectivity index (χ4v) is 2.93. The highest BCUT2D eigenvalue weighted by Gasteiger charge is 2.17. The Morgan fingerprint density at radius 1 is 1.12 bits per heavy atom. The molecule has 0 aliphatic rings. The molecule has 1 N–H and O–H groups in total. The summed E-state index contributed by atoms with van der Waals surface area (Å²) in [6.45, 7) is 2.29. The second kappa shape index (κ2) is 7.30. The number of aryl methyl sites for hydroxylation is 1. The third-order valence-corrected chi connectivity index (χ3v) is 4.17. The number of ether oxygens (including phenoxy) is 2. The largest absolute Gasteiger partial charge is 0.497 e. The predicted octanol–water partition coefficient (Wildman–Crippen LogP) is 3.73. The number of benzene rings is 2. The van der Waals surface area contributed by atoms with E-state index in [2.05, 4.69) is 5.32 Å². The molecule has 1 heterocycles. The van der Waals surface area contributed by atoms with Gasteiger partial charge in [0.05, 0.1) is 19.8 Å². The first kappa shape index (κ1) is 16.9. The Hall–Kier alpha value is -2.95. The van der Waals surface area contributed by atoms with E-state index >= 15 is 0 Å². The minimum absolute atomic E-state index is 0.135. The van der Waals surface area contributed by atoms with Crippen molar-refractivity contribution in [1.82, 2.24) is 5.32 Å². The van der Waals surface area contributed by atoms with Crippen LogP contribution >= 0.6 is 0 Å². The summed E-state index contributed by atoms with van der Waals surface area (Å²) in [6, 6.07) is 13.2. The van der Waals surface area contributed by atoms with Crippen molar-refractivity contribution in [2.45, 2.75) is 13.3 Å². The van der Waals surface area contributed by atoms with Gasteiger partial charge < -0.3 is 19.2 Å². The molecule has 0 unspecified atom stereocenters. The Balaban J connectivity index is 1.72. The van der Waals surface area contributed by atoms with Crippen molar-refractivity contribution in [3.05, 3.63) is 59.4 Å². The third kappa shape index (κ3) is 3.45. The lowest BCUT2D eigenvalue weighted by molar-refractivity contribution is 0.0954. The zero-order chi connectivity index (χ0) is 17.8. The summed E-state index contributed by atoms with van der Waals surface area (Å²) in [4.78, 5) is 12.6. The second-order valence-corrected chi connectivity index (χ2v) is 5.71. The zero-order valence-electron chi connectivity index (χ0n) is 14.6. The second-order valence-electron chi connectivity index (χ2n) is 5.71. The van der Waals surface area contributed by atoms with Gasteiger partial charge in [-0.2, -0.15) is 0 Å². The van der Waals surface area contributed by atoms with Gasteiger partial charge in [-0.3, -0.25) is 4.79 Å². The van der Waals surface area contributed by atoms with E-state index in [9.17, 15) is 4.79 Å². The van der Waals surface area contributed by atoms with Gasteiger partial charge in [0.15, 0.2) is 0 Å². The van der Waals surface area contributed by atoms with Gasteiger partial charge in [-0.05, 0) is 43.2 Å². The molecule has 1 aromatic heterocycles. The molecule has 0 fully saturated rings. The summed E-state index contributed by atoms with van der Waals surface area (Å²) >= 11 is 0. The van der Waals surface area contributed by atoms with Crippen LogP contribution in [-0.4, -0.2) is 26.7 Å². The standard InChI is InChI=1S/C20H21NO4/c1-13-19(16-6-4-5-7-18(16)25-13)20(22)21-11-10-14-12-15(23-2)8-9-17(14)24-3/h4-9,12H,10-11H2,1-3H3,(H,21,22). The van der Waals surface area contributed by atoms with Crippen molar-refractivity contribution >= 4 is 16.9 Å². The summed E-state index contributed by atoms with van der Waals surface area (Å²) in [6.07, 6.45) is 0.640. The average Bonchev–Trinajstić information content (AvgIpc) is 2.97. The van der Waals surface area contributed by atoms with Gasteiger partial charge in [-0.15, -0.1) is 0 Å². The number of para-hydroxylation sites is 1. The lowest BCUT2D eigenvalue weighted by atomic mass is 10.1. The fourth-order valence-electron chi connectivity index (χ4n) is 2.93. The van der Waals surface area contributed by atoms with E-state index < -0.39 is 0 Å². The van der Waals surface area contributed by atoms with Crippen LogP contribution in [0.4, 0.5) is 0 Å². The molecule has 1 amide bonds. The fraction of sp³-hybridized carbons (Fsp3) is 0.250. The van der Waals surface area contributed by atoms with Gasteiger partial charge in [-0.25, -0.2) is 0 Å². The number of hydrogen-bond donors (Lipinski definition) is 1. The van der Waals surface area contributed by atoms with Crippen LogP contribution in [0.1, 0.15) is 21.7 Å². The molecule has 0 saturated carbocycles. The number of carbonyl (C=O) groups is 1. The van der Waals surface area contributed by atoms with Crippen LogP contribution in [0.5, 0.6) is 11.5 Å². The van der Waals surface area contributed by atoms with Crippen LogP contribution in [-0.2, 0) is 6.42 Å². The van der Waals surface area contributed by atoms with Crippen LogP contribution in [0, 0.1) is 6.92 Å². The molecule has 0 aliphatic heterocycles. The molecule has 5 heteroatoms. The molecule has 0 atom stereocenters. The first-order valence-electron chi connectivity index (χ1n) is 8.11. The van der Waals surface area contributed by atoms with E-state index in [0.717, 1.165) is 28.0 Å². The van der Waals surface area contributed by atoms with Crippen LogP contribution in [0.15, 0.2) is 46.9 Å². The first-order chi connectivity index (χ1) is 12.1. The number of nitrogens with one attached hydrogen (secondary N) is 1. The summed E-state index contributed by atoms with van der Waals surface area (Å²) in [5.41, 5.74) is 2.30. The van der Waals surface area contributed by atoms with Crippen molar-refractivity contribution in [3.63, 3.8) is 0 Å². The number of methoxy groups -OCH3 is 2. The number of carbonyl (C=O) groups excluding carboxylic acids is 1. The van der Waals surface area contributed by atoms with Gasteiger partial charge in [0.2, 0.25) is 0 Å². The summed E-state index contributed by atoms with van der Waals surface area (Å²) in [5.74, 6) is 2.03. The molecule has 0 bridgehead atoms. The van der Waals surface area contributed by atoms with Gasteiger partial charge >= 0.3 is 0 Å². The number of furan rings is 1. The molecule has 130 valence electrons. The van der Waals surface area contributed by atoms with Crippen molar-refractivity contribution in [1.29, 1.82) is 0 Å². The van der Waals surface area contributed by atoms with Crippen molar-refractivity contribution in [2.75, 3.05) is 20.8 Å². The summed E-state index contributed by atoms with van der Waals surface area (Å²) in [5, 5.41) is 3.79. The van der Waals surface area contributed by atoms with Gasteiger partial charge in [-0.1, -0.05) is 18.2 Å². The highest BCUT2D eigenvalue weighted by molar-refractivity contribution is 6.07. The van der Waals surface area contributed by atoms with E-state index in [0.29, 0.717) is 24.3 Å². The zero-order valence-corrected chi connectivity index (χ0v) is 14.6. The number of hydrogen-bond acceptors (Lipinski definition) is 4. The minimum atomic E-state index is -0.135. The number of fused-ring (bicyclic) bond motifs is 1. The quantitative estimate of drug-likeness (QED) is 0.743. The molecule has 2 aromatic carbocycles. The van der Waals surface area contributed by atoms with Crippen molar-refractivity contribution in [3.8, 4) is 11.5 Å². The molecule has 0 aliphatic carbocycles. The Morgan fingerprint density at radius 3 is 2.68 bits per heavy atom. The molecular weight excluding hydrogens is 318 g/mol. The highest BCUT2D eigenvalue weighted by atomic mass is 16.5. The smallest absolute Gasteiger partial charge is 0.255 e. The van der Waals surface area contributed by atoms with Gasteiger partial charge in [0.25, 0.3) is 5.91 Å². The summed E-state index contributed by atoms with van der Waals surface area (Å²) in [7, 11) is 3.25. The SMILES string of the molecule is COc1ccc(OC)c(CCNC(=O)c2c(C)oc3ccccc23)c1. The van der Waals surface area contributed by atoms with Gasteiger partial charge in [0.1, 0.15) is 22.8 Å². The Bertz CT molecular complexity index is 898. The first-order valence-corrected chi connectivity index (χ1v) is 8.11. The Morgan fingerprint density at radius 2 is 1.92 bits per heavy atom. The maximum absolute atomic E-state index is 12.6. The predicted molar refractivity (Wildman–Crippen MR) is 96.5 cm³/mol.